The van der Waals surface area contributed by atoms with E-state index in [1.165, 1.54) is 17.0 Å². The van der Waals surface area contributed by atoms with Gasteiger partial charge in [0.2, 0.25) is 8.03 Å². The second-order valence-electron chi connectivity index (χ2n) is 5.56. The van der Waals surface area contributed by atoms with Crippen LogP contribution in [-0.2, 0) is 10.7 Å². The van der Waals surface area contributed by atoms with E-state index in [4.69, 9.17) is 16.3 Å². The van der Waals surface area contributed by atoms with Crippen molar-refractivity contribution in [3.63, 3.8) is 0 Å². The Morgan fingerprint density at radius 2 is 1.96 bits per heavy atom. The molecule has 1 unspecified atom stereocenters. The van der Waals surface area contributed by atoms with E-state index in [-0.39, 0.29) is 40.7 Å². The van der Waals surface area contributed by atoms with Gasteiger partial charge in [-0.15, -0.1) is 0 Å². The molecule has 0 heterocycles. The third-order valence-corrected chi connectivity index (χ3v) is 4.63. The molecule has 0 radical (unpaired) electrons. The first-order chi connectivity index (χ1) is 13.0. The summed E-state index contributed by atoms with van der Waals surface area (Å²) >= 11 is 5.85. The van der Waals surface area contributed by atoms with E-state index in [2.05, 4.69) is 0 Å². The molecular weight excluding hydrogens is 424 g/mol. The fraction of sp³-hybridized carbons (Fsp3) is 0.250. The number of nitro groups is 1. The molecule has 1 N–H and O–H groups in total. The average Bonchev–Trinajstić information content (AvgIpc) is 2.60. The predicted molar refractivity (Wildman–Crippen MR) is 98.7 cm³/mol. The highest BCUT2D eigenvalue weighted by Crippen LogP contribution is 2.39. The molecule has 0 aliphatic carbocycles. The molecule has 12 heteroatoms. The maximum Gasteiger partial charge on any atom is 0.416 e. The smallest absolute Gasteiger partial charge is 0.416 e. The van der Waals surface area contributed by atoms with Crippen LogP contribution in [0.25, 0.3) is 0 Å². The van der Waals surface area contributed by atoms with Gasteiger partial charge >= 0.3 is 6.18 Å². The maximum atomic E-state index is 12.7. The van der Waals surface area contributed by atoms with Gasteiger partial charge < -0.3 is 14.5 Å². The van der Waals surface area contributed by atoms with Crippen molar-refractivity contribution in [1.82, 2.24) is 0 Å². The van der Waals surface area contributed by atoms with Crippen molar-refractivity contribution in [3.8, 4) is 11.5 Å². The molecule has 0 spiro atoms. The molecule has 152 valence electrons. The van der Waals surface area contributed by atoms with Gasteiger partial charge in [-0.05, 0) is 31.2 Å². The molecule has 0 saturated heterocycles. The van der Waals surface area contributed by atoms with E-state index < -0.39 is 24.7 Å². The highest BCUT2D eigenvalue weighted by molar-refractivity contribution is 7.38. The third kappa shape index (κ3) is 5.37. The van der Waals surface area contributed by atoms with E-state index in [1.54, 1.807) is 6.92 Å². The molecule has 7 nitrogen and oxygen atoms in total. The van der Waals surface area contributed by atoms with Gasteiger partial charge in [-0.25, -0.2) is 0 Å². The molecular formula is C16H15ClF3N2O5P. The zero-order valence-electron chi connectivity index (χ0n) is 14.4. The zero-order chi connectivity index (χ0) is 21.1. The van der Waals surface area contributed by atoms with Crippen molar-refractivity contribution in [2.75, 3.05) is 17.7 Å². The van der Waals surface area contributed by atoms with Crippen molar-refractivity contribution in [1.29, 1.82) is 0 Å². The van der Waals surface area contributed by atoms with Crippen LogP contribution in [0.4, 0.5) is 24.5 Å². The van der Waals surface area contributed by atoms with Crippen molar-refractivity contribution in [3.05, 3.63) is 57.1 Å². The van der Waals surface area contributed by atoms with E-state index >= 15 is 0 Å². The van der Waals surface area contributed by atoms with E-state index in [0.29, 0.717) is 6.07 Å². The minimum atomic E-state index is -4.56. The largest absolute Gasteiger partial charge is 0.456 e. The van der Waals surface area contributed by atoms with Gasteiger partial charge in [0.25, 0.3) is 5.69 Å². The quantitative estimate of drug-likeness (QED) is 0.358. The first kappa shape index (κ1) is 22.0. The number of rotatable bonds is 7. The number of ether oxygens (including phenoxy) is 1. The Hall–Kier alpha value is -2.29. The summed E-state index contributed by atoms with van der Waals surface area (Å²) in [6.07, 6.45) is -4.86. The van der Waals surface area contributed by atoms with Crippen molar-refractivity contribution in [2.24, 2.45) is 0 Å². The Labute approximate surface area is 163 Å². The van der Waals surface area contributed by atoms with Crippen LogP contribution in [-0.4, -0.2) is 22.6 Å². The summed E-state index contributed by atoms with van der Waals surface area (Å²) in [5.41, 5.74) is -1.21. The molecule has 0 amide bonds. The Morgan fingerprint density at radius 3 is 2.46 bits per heavy atom. The second-order valence-corrected chi connectivity index (χ2v) is 7.07. The topological polar surface area (TPSA) is 92.9 Å². The lowest BCUT2D eigenvalue weighted by Crippen LogP contribution is -2.22. The lowest BCUT2D eigenvalue weighted by atomic mass is 10.2. The Bertz CT molecular complexity index is 910. The van der Waals surface area contributed by atoms with Crippen LogP contribution < -0.4 is 9.64 Å². The molecule has 28 heavy (non-hydrogen) atoms. The van der Waals surface area contributed by atoms with E-state index in [1.807, 2.05) is 0 Å². The molecule has 0 bridgehead atoms. The third-order valence-electron chi connectivity index (χ3n) is 3.68. The zero-order valence-corrected chi connectivity index (χ0v) is 16.1. The summed E-state index contributed by atoms with van der Waals surface area (Å²) < 4.78 is 54.8. The number of benzene rings is 2. The fourth-order valence-corrected chi connectivity index (χ4v) is 3.33. The van der Waals surface area contributed by atoms with E-state index in [9.17, 15) is 32.7 Å². The fourth-order valence-electron chi connectivity index (χ4n) is 2.39. The van der Waals surface area contributed by atoms with Gasteiger partial charge in [0, 0.05) is 18.7 Å². The van der Waals surface area contributed by atoms with Gasteiger partial charge in [-0.2, -0.15) is 13.2 Å². The van der Waals surface area contributed by atoms with Gasteiger partial charge in [-0.1, -0.05) is 11.6 Å². The lowest BCUT2D eigenvalue weighted by molar-refractivity contribution is -0.384. The van der Waals surface area contributed by atoms with Crippen molar-refractivity contribution >= 4 is 31.0 Å². The molecule has 2 aromatic rings. The minimum Gasteiger partial charge on any atom is -0.456 e. The SMILES string of the molecule is CCN(C[PH](=O)O)c1cc(Oc2ccc(C(F)(F)F)cc2Cl)ccc1[N+](=O)[O-]. The highest BCUT2D eigenvalue weighted by atomic mass is 35.5. The summed E-state index contributed by atoms with van der Waals surface area (Å²) in [5.74, 6) is -0.00780. The van der Waals surface area contributed by atoms with E-state index in [0.717, 1.165) is 18.2 Å². The van der Waals surface area contributed by atoms with Crippen LogP contribution in [0.3, 0.4) is 0 Å². The predicted octanol–water partition coefficient (Wildman–Crippen LogP) is 5.31. The van der Waals surface area contributed by atoms with Gasteiger partial charge in [0.15, 0.2) is 0 Å². The molecule has 0 aliphatic heterocycles. The van der Waals surface area contributed by atoms with Crippen LogP contribution in [0.2, 0.25) is 5.02 Å². The molecule has 2 aromatic carbocycles. The summed E-state index contributed by atoms with van der Waals surface area (Å²) in [4.78, 5) is 21.1. The van der Waals surface area contributed by atoms with Gasteiger partial charge in [0.1, 0.15) is 17.2 Å². The molecule has 1 atom stereocenters. The number of nitrogens with zero attached hydrogens (tertiary/aromatic N) is 2. The summed E-state index contributed by atoms with van der Waals surface area (Å²) in [7, 11) is -2.95. The Kier molecular flexibility index (Phi) is 6.92. The normalized spacial score (nSPS) is 12.5. The number of hydrogen-bond acceptors (Lipinski definition) is 5. The number of anilines is 1. The van der Waals surface area contributed by atoms with Crippen LogP contribution in [0.5, 0.6) is 11.5 Å². The first-order valence-corrected chi connectivity index (χ1v) is 9.76. The Morgan fingerprint density at radius 1 is 1.29 bits per heavy atom. The lowest BCUT2D eigenvalue weighted by Gasteiger charge is -2.22. The Balaban J connectivity index is 2.41. The molecule has 0 aliphatic rings. The molecule has 0 fully saturated rings. The highest BCUT2D eigenvalue weighted by Gasteiger charge is 2.31. The second kappa shape index (κ2) is 8.81. The van der Waals surface area contributed by atoms with Gasteiger partial charge in [0.05, 0.1) is 21.8 Å². The maximum absolute atomic E-state index is 12.7. The monoisotopic (exact) mass is 438 g/mol. The standard InChI is InChI=1S/C16H15ClF3N2O5P/c1-2-21(9-28(25)26)14-8-11(4-5-13(14)22(23)24)27-15-6-3-10(7-12(15)17)16(18,19)20/h3-8,28H,2,9H2,1H3,(H,25,26). The van der Waals surface area contributed by atoms with Crippen LogP contribution in [0, 0.1) is 10.1 Å². The molecule has 2 rings (SSSR count). The van der Waals surface area contributed by atoms with Crippen LogP contribution in [0.1, 0.15) is 12.5 Å². The van der Waals surface area contributed by atoms with Crippen molar-refractivity contribution in [2.45, 2.75) is 13.1 Å². The number of alkyl halides is 3. The average molecular weight is 439 g/mol. The first-order valence-electron chi connectivity index (χ1n) is 7.82. The summed E-state index contributed by atoms with van der Waals surface area (Å²) in [6.45, 7) is 1.86. The molecule has 0 aromatic heterocycles. The number of nitro benzene ring substituents is 1. The number of hydrogen-bond donors (Lipinski definition) is 1. The summed E-state index contributed by atoms with van der Waals surface area (Å²) in [5, 5.41) is 11.0. The molecule has 0 saturated carbocycles. The summed E-state index contributed by atoms with van der Waals surface area (Å²) in [6, 6.07) is 6.20. The minimum absolute atomic E-state index is 0.0421. The number of halogens is 4. The van der Waals surface area contributed by atoms with Crippen LogP contribution in [0.15, 0.2) is 36.4 Å². The van der Waals surface area contributed by atoms with Crippen molar-refractivity contribution < 1.29 is 32.3 Å². The van der Waals surface area contributed by atoms with Gasteiger partial charge in [-0.3, -0.25) is 14.7 Å². The van der Waals surface area contributed by atoms with Crippen LogP contribution >= 0.6 is 19.6 Å².